The zero-order chi connectivity index (χ0) is 9.10. The van der Waals surface area contributed by atoms with Gasteiger partial charge >= 0.3 is 0 Å². The molecule has 0 unspecified atom stereocenters. The van der Waals surface area contributed by atoms with Crippen LogP contribution in [0, 0.1) is 0 Å². The number of aryl methyl sites for hydroxylation is 1. The Labute approximate surface area is 78.5 Å². The van der Waals surface area contributed by atoms with E-state index in [-0.39, 0.29) is 0 Å². The van der Waals surface area contributed by atoms with Crippen molar-refractivity contribution in [2.45, 2.75) is 19.9 Å². The molecule has 0 aromatic carbocycles. The molecule has 13 heavy (non-hydrogen) atoms. The maximum Gasteiger partial charge on any atom is 0.0953 e. The molecule has 0 fully saturated rings. The van der Waals surface area contributed by atoms with Gasteiger partial charge in [0, 0.05) is 19.3 Å². The summed E-state index contributed by atoms with van der Waals surface area (Å²) in [6, 6.07) is 0. The molecule has 1 aliphatic rings. The summed E-state index contributed by atoms with van der Waals surface area (Å²) in [5.74, 6) is 0. The summed E-state index contributed by atoms with van der Waals surface area (Å²) in [5, 5.41) is 3.34. The van der Waals surface area contributed by atoms with Gasteiger partial charge in [-0.25, -0.2) is 4.98 Å². The Bertz CT molecular complexity index is 312. The maximum atomic E-state index is 4.37. The quantitative estimate of drug-likeness (QED) is 0.737. The molecule has 0 radical (unpaired) electrons. The van der Waals surface area contributed by atoms with E-state index in [0.29, 0.717) is 0 Å². The van der Waals surface area contributed by atoms with Gasteiger partial charge < -0.3 is 9.88 Å². The second-order valence-electron chi connectivity index (χ2n) is 3.28. The number of imidazole rings is 1. The predicted molar refractivity (Wildman–Crippen MR) is 53.4 cm³/mol. The van der Waals surface area contributed by atoms with Gasteiger partial charge in [0.1, 0.15) is 0 Å². The minimum atomic E-state index is 0.959. The standard InChI is InChI=1S/C10H15N3/c1-2-13-7-10(12-8-13)9-4-3-5-11-6-9/h4,7-8,11H,2-3,5-6H2,1H3. The molecular weight excluding hydrogens is 162 g/mol. The minimum absolute atomic E-state index is 0.959. The van der Waals surface area contributed by atoms with Crippen molar-refractivity contribution in [1.29, 1.82) is 0 Å². The lowest BCUT2D eigenvalue weighted by molar-refractivity contribution is 0.737. The SMILES string of the molecule is CCn1cnc(C2=CCCNC2)c1. The fraction of sp³-hybridized carbons (Fsp3) is 0.500. The summed E-state index contributed by atoms with van der Waals surface area (Å²) < 4.78 is 2.10. The molecule has 3 nitrogen and oxygen atoms in total. The molecule has 2 heterocycles. The Morgan fingerprint density at radius 2 is 2.54 bits per heavy atom. The van der Waals surface area contributed by atoms with Gasteiger partial charge in [-0.15, -0.1) is 0 Å². The van der Waals surface area contributed by atoms with Gasteiger partial charge in [-0.3, -0.25) is 0 Å². The molecular formula is C10H15N3. The summed E-state index contributed by atoms with van der Waals surface area (Å²) >= 11 is 0. The van der Waals surface area contributed by atoms with Crippen molar-refractivity contribution in [2.75, 3.05) is 13.1 Å². The maximum absolute atomic E-state index is 4.37. The van der Waals surface area contributed by atoms with E-state index in [1.807, 2.05) is 6.33 Å². The summed E-state index contributed by atoms with van der Waals surface area (Å²) in [5.41, 5.74) is 2.45. The Hall–Kier alpha value is -1.09. The van der Waals surface area contributed by atoms with Crippen LogP contribution in [0.4, 0.5) is 0 Å². The van der Waals surface area contributed by atoms with Crippen LogP contribution >= 0.6 is 0 Å². The fourth-order valence-corrected chi connectivity index (χ4v) is 1.54. The van der Waals surface area contributed by atoms with Crippen LogP contribution in [0.25, 0.3) is 5.57 Å². The highest BCUT2D eigenvalue weighted by molar-refractivity contribution is 5.64. The second kappa shape index (κ2) is 3.75. The van der Waals surface area contributed by atoms with Crippen molar-refractivity contribution in [3.63, 3.8) is 0 Å². The molecule has 2 rings (SSSR count). The molecule has 0 aliphatic carbocycles. The topological polar surface area (TPSA) is 29.9 Å². The molecule has 0 saturated carbocycles. The molecule has 1 N–H and O–H groups in total. The van der Waals surface area contributed by atoms with Crippen LogP contribution in [-0.4, -0.2) is 22.6 Å². The van der Waals surface area contributed by atoms with E-state index in [2.05, 4.69) is 34.1 Å². The molecule has 0 saturated heterocycles. The molecule has 3 heteroatoms. The second-order valence-corrected chi connectivity index (χ2v) is 3.28. The Kier molecular flexibility index (Phi) is 2.45. The molecule has 1 aromatic heterocycles. The van der Waals surface area contributed by atoms with Crippen LogP contribution in [0.3, 0.4) is 0 Å². The van der Waals surface area contributed by atoms with E-state index in [1.54, 1.807) is 0 Å². The van der Waals surface area contributed by atoms with Crippen molar-refractivity contribution in [3.05, 3.63) is 24.3 Å². The number of aromatic nitrogens is 2. The van der Waals surface area contributed by atoms with Gasteiger partial charge in [0.15, 0.2) is 0 Å². The number of rotatable bonds is 2. The zero-order valence-corrected chi connectivity index (χ0v) is 7.95. The van der Waals surface area contributed by atoms with Crippen molar-refractivity contribution < 1.29 is 0 Å². The highest BCUT2D eigenvalue weighted by Crippen LogP contribution is 2.14. The smallest absolute Gasteiger partial charge is 0.0953 e. The van der Waals surface area contributed by atoms with Crippen LogP contribution in [0.1, 0.15) is 19.0 Å². The van der Waals surface area contributed by atoms with Gasteiger partial charge in [-0.2, -0.15) is 0 Å². The third-order valence-corrected chi connectivity index (χ3v) is 2.35. The highest BCUT2D eigenvalue weighted by atomic mass is 15.0. The molecule has 0 spiro atoms. The van der Waals surface area contributed by atoms with E-state index in [0.717, 1.165) is 31.7 Å². The first-order valence-corrected chi connectivity index (χ1v) is 4.82. The van der Waals surface area contributed by atoms with E-state index in [1.165, 1.54) is 5.57 Å². The van der Waals surface area contributed by atoms with Gasteiger partial charge in [0.05, 0.1) is 12.0 Å². The van der Waals surface area contributed by atoms with Gasteiger partial charge in [0.25, 0.3) is 0 Å². The largest absolute Gasteiger partial charge is 0.337 e. The Morgan fingerprint density at radius 1 is 1.62 bits per heavy atom. The summed E-state index contributed by atoms with van der Waals surface area (Å²) in [7, 11) is 0. The van der Waals surface area contributed by atoms with Gasteiger partial charge in [0.2, 0.25) is 0 Å². The molecule has 1 aliphatic heterocycles. The number of hydrogen-bond acceptors (Lipinski definition) is 2. The van der Waals surface area contributed by atoms with E-state index in [9.17, 15) is 0 Å². The van der Waals surface area contributed by atoms with Gasteiger partial charge in [-0.05, 0) is 25.5 Å². The minimum Gasteiger partial charge on any atom is -0.337 e. The van der Waals surface area contributed by atoms with Crippen LogP contribution < -0.4 is 5.32 Å². The van der Waals surface area contributed by atoms with Gasteiger partial charge in [-0.1, -0.05) is 6.08 Å². The molecule has 0 bridgehead atoms. The first-order valence-electron chi connectivity index (χ1n) is 4.82. The lowest BCUT2D eigenvalue weighted by Crippen LogP contribution is -2.21. The lowest BCUT2D eigenvalue weighted by atomic mass is 10.1. The first-order chi connectivity index (χ1) is 6.40. The molecule has 70 valence electrons. The van der Waals surface area contributed by atoms with Crippen LogP contribution in [0.5, 0.6) is 0 Å². The van der Waals surface area contributed by atoms with Crippen molar-refractivity contribution >= 4 is 5.57 Å². The van der Waals surface area contributed by atoms with Crippen LogP contribution in [-0.2, 0) is 6.54 Å². The lowest BCUT2D eigenvalue weighted by Gasteiger charge is -2.11. The fourth-order valence-electron chi connectivity index (χ4n) is 1.54. The Balaban J connectivity index is 2.19. The average Bonchev–Trinajstić information content (AvgIpc) is 2.67. The number of nitrogens with one attached hydrogen (secondary N) is 1. The van der Waals surface area contributed by atoms with Crippen LogP contribution in [0.15, 0.2) is 18.6 Å². The summed E-state index contributed by atoms with van der Waals surface area (Å²) in [6.07, 6.45) is 7.40. The molecule has 0 amide bonds. The van der Waals surface area contributed by atoms with E-state index >= 15 is 0 Å². The van der Waals surface area contributed by atoms with Crippen LogP contribution in [0.2, 0.25) is 0 Å². The summed E-state index contributed by atoms with van der Waals surface area (Å²) in [6.45, 7) is 5.17. The third-order valence-electron chi connectivity index (χ3n) is 2.35. The number of nitrogens with zero attached hydrogens (tertiary/aromatic N) is 2. The first kappa shape index (κ1) is 8.51. The molecule has 0 atom stereocenters. The Morgan fingerprint density at radius 3 is 3.15 bits per heavy atom. The van der Waals surface area contributed by atoms with Crippen molar-refractivity contribution in [1.82, 2.24) is 14.9 Å². The van der Waals surface area contributed by atoms with Crippen molar-refractivity contribution in [3.8, 4) is 0 Å². The summed E-state index contributed by atoms with van der Waals surface area (Å²) in [4.78, 5) is 4.37. The monoisotopic (exact) mass is 177 g/mol. The van der Waals surface area contributed by atoms with E-state index in [4.69, 9.17) is 0 Å². The van der Waals surface area contributed by atoms with E-state index < -0.39 is 0 Å². The predicted octanol–water partition coefficient (Wildman–Crippen LogP) is 1.28. The highest BCUT2D eigenvalue weighted by Gasteiger charge is 2.07. The van der Waals surface area contributed by atoms with Crippen molar-refractivity contribution in [2.24, 2.45) is 0 Å². The zero-order valence-electron chi connectivity index (χ0n) is 7.95. The normalized spacial score (nSPS) is 17.2. The average molecular weight is 177 g/mol. The third kappa shape index (κ3) is 1.80. The molecule has 1 aromatic rings. The number of hydrogen-bond donors (Lipinski definition) is 1.